The van der Waals surface area contributed by atoms with Crippen molar-refractivity contribution in [2.45, 2.75) is 19.9 Å². The summed E-state index contributed by atoms with van der Waals surface area (Å²) in [6.07, 6.45) is 1.79. The molecule has 0 amide bonds. The Morgan fingerprint density at radius 1 is 1.29 bits per heavy atom. The molecule has 2 heterocycles. The largest absolute Gasteiger partial charge is 0.312 e. The van der Waals surface area contributed by atoms with Crippen LogP contribution < -0.4 is 5.32 Å². The van der Waals surface area contributed by atoms with Crippen molar-refractivity contribution in [1.82, 2.24) is 15.3 Å². The third kappa shape index (κ3) is 2.55. The van der Waals surface area contributed by atoms with Gasteiger partial charge < -0.3 is 5.32 Å². The lowest BCUT2D eigenvalue weighted by atomic mass is 10.1. The van der Waals surface area contributed by atoms with Gasteiger partial charge >= 0.3 is 0 Å². The second-order valence-corrected chi connectivity index (χ2v) is 6.41. The van der Waals surface area contributed by atoms with Crippen LogP contribution in [0.25, 0.3) is 21.5 Å². The average molecular weight is 318 g/mol. The van der Waals surface area contributed by atoms with Crippen molar-refractivity contribution >= 4 is 33.8 Å². The Morgan fingerprint density at radius 2 is 2.10 bits per heavy atom. The summed E-state index contributed by atoms with van der Waals surface area (Å²) in [5.74, 6) is 0. The smallest absolute Gasteiger partial charge is 0.126 e. The third-order valence-corrected chi connectivity index (χ3v) is 5.31. The molecule has 1 aromatic carbocycles. The molecule has 0 fully saturated rings. The molecule has 0 aliphatic heterocycles. The van der Waals surface area contributed by atoms with Gasteiger partial charge in [0.2, 0.25) is 0 Å². The highest BCUT2D eigenvalue weighted by molar-refractivity contribution is 7.15. The molecule has 5 heteroatoms. The summed E-state index contributed by atoms with van der Waals surface area (Å²) in [7, 11) is 1.96. The quantitative estimate of drug-likeness (QED) is 0.767. The van der Waals surface area contributed by atoms with E-state index in [0.717, 1.165) is 32.2 Å². The third-order valence-electron chi connectivity index (χ3n) is 3.61. The summed E-state index contributed by atoms with van der Waals surface area (Å²) in [6, 6.07) is 8.11. The van der Waals surface area contributed by atoms with Crippen molar-refractivity contribution < 1.29 is 0 Å². The molecule has 0 radical (unpaired) electrons. The zero-order valence-electron chi connectivity index (χ0n) is 12.1. The first kappa shape index (κ1) is 14.4. The number of pyridine rings is 1. The minimum Gasteiger partial charge on any atom is -0.312 e. The molecule has 108 valence electrons. The van der Waals surface area contributed by atoms with Crippen molar-refractivity contribution in [3.05, 3.63) is 46.1 Å². The summed E-state index contributed by atoms with van der Waals surface area (Å²) in [4.78, 5) is 10.5. The van der Waals surface area contributed by atoms with Crippen LogP contribution in [-0.4, -0.2) is 17.0 Å². The van der Waals surface area contributed by atoms with Gasteiger partial charge in [0.25, 0.3) is 0 Å². The van der Waals surface area contributed by atoms with Crippen molar-refractivity contribution in [1.29, 1.82) is 0 Å². The Kier molecular flexibility index (Phi) is 3.93. The highest BCUT2D eigenvalue weighted by atomic mass is 35.5. The Bertz CT molecular complexity index is 797. The monoisotopic (exact) mass is 317 g/mol. The Hall–Kier alpha value is -1.49. The van der Waals surface area contributed by atoms with E-state index in [-0.39, 0.29) is 0 Å². The van der Waals surface area contributed by atoms with Gasteiger partial charge in [-0.15, -0.1) is 11.3 Å². The summed E-state index contributed by atoms with van der Waals surface area (Å²) < 4.78 is 0. The van der Waals surface area contributed by atoms with Gasteiger partial charge in [-0.2, -0.15) is 0 Å². The predicted molar refractivity (Wildman–Crippen MR) is 90.1 cm³/mol. The number of hydrogen-bond acceptors (Lipinski definition) is 4. The van der Waals surface area contributed by atoms with Crippen LogP contribution in [0.15, 0.2) is 30.5 Å². The van der Waals surface area contributed by atoms with Crippen LogP contribution in [0.2, 0.25) is 5.02 Å². The van der Waals surface area contributed by atoms with E-state index < -0.39 is 0 Å². The number of hydrogen-bond donors (Lipinski definition) is 1. The molecule has 0 bridgehead atoms. The Balaban J connectivity index is 2.20. The summed E-state index contributed by atoms with van der Waals surface area (Å²) in [5, 5.41) is 5.94. The predicted octanol–water partition coefficient (Wildman–Crippen LogP) is 4.60. The lowest BCUT2D eigenvalue weighted by molar-refractivity contribution is 0.658. The number of benzene rings is 1. The summed E-state index contributed by atoms with van der Waals surface area (Å²) in [5.41, 5.74) is 3.01. The molecule has 0 saturated heterocycles. The fourth-order valence-corrected chi connectivity index (χ4v) is 3.74. The molecule has 2 aromatic heterocycles. The molecule has 3 aromatic rings. The maximum absolute atomic E-state index is 6.26. The van der Waals surface area contributed by atoms with Crippen molar-refractivity contribution in [3.63, 3.8) is 0 Å². The lowest BCUT2D eigenvalue weighted by Crippen LogP contribution is -2.11. The molecule has 3 rings (SSSR count). The molecule has 1 unspecified atom stereocenters. The van der Waals surface area contributed by atoms with E-state index in [1.165, 1.54) is 4.88 Å². The van der Waals surface area contributed by atoms with E-state index in [1.54, 1.807) is 17.5 Å². The van der Waals surface area contributed by atoms with Gasteiger partial charge in [-0.05, 0) is 45.2 Å². The Morgan fingerprint density at radius 3 is 2.86 bits per heavy atom. The fraction of sp³-hybridized carbons (Fsp3) is 0.250. The van der Waals surface area contributed by atoms with Gasteiger partial charge in [0, 0.05) is 28.1 Å². The van der Waals surface area contributed by atoms with E-state index in [0.29, 0.717) is 6.04 Å². The zero-order chi connectivity index (χ0) is 15.0. The van der Waals surface area contributed by atoms with Crippen molar-refractivity contribution in [2.75, 3.05) is 7.05 Å². The summed E-state index contributed by atoms with van der Waals surface area (Å²) >= 11 is 7.97. The molecular formula is C16H16ClN3S. The molecule has 21 heavy (non-hydrogen) atoms. The van der Waals surface area contributed by atoms with Gasteiger partial charge in [0.15, 0.2) is 0 Å². The summed E-state index contributed by atoms with van der Waals surface area (Å²) in [6.45, 7) is 4.19. The van der Waals surface area contributed by atoms with E-state index in [1.807, 2.05) is 31.3 Å². The first-order valence-electron chi connectivity index (χ1n) is 6.80. The molecule has 3 nitrogen and oxygen atoms in total. The van der Waals surface area contributed by atoms with Crippen molar-refractivity contribution in [3.8, 4) is 10.6 Å². The number of nitrogens with zero attached hydrogens (tertiary/aromatic N) is 2. The van der Waals surface area contributed by atoms with Crippen LogP contribution in [0.3, 0.4) is 0 Å². The molecule has 0 aliphatic rings. The topological polar surface area (TPSA) is 37.8 Å². The molecular weight excluding hydrogens is 302 g/mol. The van der Waals surface area contributed by atoms with Crippen LogP contribution >= 0.6 is 22.9 Å². The first-order chi connectivity index (χ1) is 10.1. The van der Waals surface area contributed by atoms with Gasteiger partial charge in [0.1, 0.15) is 5.01 Å². The number of aryl methyl sites for hydroxylation is 1. The SMILES string of the molecule is CNC(C)c1sc(-c2ccc(Cl)c3cccnc23)nc1C. The average Bonchev–Trinajstić information content (AvgIpc) is 2.89. The molecule has 0 spiro atoms. The van der Waals surface area contributed by atoms with Crippen LogP contribution in [0.4, 0.5) is 0 Å². The molecule has 1 N–H and O–H groups in total. The number of nitrogens with one attached hydrogen (secondary N) is 1. The van der Waals surface area contributed by atoms with E-state index in [4.69, 9.17) is 16.6 Å². The zero-order valence-corrected chi connectivity index (χ0v) is 13.7. The lowest BCUT2D eigenvalue weighted by Gasteiger charge is -2.07. The maximum Gasteiger partial charge on any atom is 0.126 e. The second kappa shape index (κ2) is 5.72. The molecule has 0 aliphatic carbocycles. The second-order valence-electron chi connectivity index (χ2n) is 4.97. The first-order valence-corrected chi connectivity index (χ1v) is 7.99. The number of fused-ring (bicyclic) bond motifs is 1. The maximum atomic E-state index is 6.26. The number of rotatable bonds is 3. The van der Waals surface area contributed by atoms with Gasteiger partial charge in [-0.3, -0.25) is 4.98 Å². The van der Waals surface area contributed by atoms with E-state index >= 15 is 0 Å². The van der Waals surface area contributed by atoms with E-state index in [2.05, 4.69) is 24.1 Å². The van der Waals surface area contributed by atoms with Gasteiger partial charge in [0.05, 0.1) is 16.2 Å². The van der Waals surface area contributed by atoms with Crippen molar-refractivity contribution in [2.24, 2.45) is 0 Å². The van der Waals surface area contributed by atoms with Crippen LogP contribution in [-0.2, 0) is 0 Å². The standard InChI is InChI=1S/C16H16ClN3S/c1-9(18-3)15-10(2)20-16(21-15)12-6-7-13(17)11-5-4-8-19-14(11)12/h4-9,18H,1-3H3. The number of thiazole rings is 1. The molecule has 1 atom stereocenters. The number of halogens is 1. The van der Waals surface area contributed by atoms with Gasteiger partial charge in [-0.1, -0.05) is 11.6 Å². The highest BCUT2D eigenvalue weighted by Gasteiger charge is 2.16. The van der Waals surface area contributed by atoms with Crippen LogP contribution in [0.5, 0.6) is 0 Å². The highest BCUT2D eigenvalue weighted by Crippen LogP contribution is 2.36. The minimum atomic E-state index is 0.294. The van der Waals surface area contributed by atoms with Crippen LogP contribution in [0, 0.1) is 6.92 Å². The van der Waals surface area contributed by atoms with E-state index in [9.17, 15) is 0 Å². The molecule has 0 saturated carbocycles. The van der Waals surface area contributed by atoms with Gasteiger partial charge in [-0.25, -0.2) is 4.98 Å². The number of aromatic nitrogens is 2. The minimum absolute atomic E-state index is 0.294. The normalized spacial score (nSPS) is 12.8. The Labute approximate surface area is 133 Å². The fourth-order valence-electron chi connectivity index (χ4n) is 2.37. The van der Waals surface area contributed by atoms with Crippen LogP contribution in [0.1, 0.15) is 23.5 Å².